The number of allylic oxidation sites excluding steroid dienone is 4. The van der Waals surface area contributed by atoms with Crippen molar-refractivity contribution in [3.63, 3.8) is 0 Å². The Kier molecular flexibility index (Phi) is 8.35. The molecule has 0 fully saturated rings. The van der Waals surface area contributed by atoms with Crippen LogP contribution in [0.3, 0.4) is 0 Å². The third-order valence-electron chi connectivity index (χ3n) is 9.34. The summed E-state index contributed by atoms with van der Waals surface area (Å²) in [4.78, 5) is 18.5. The number of hydrogen-bond acceptors (Lipinski definition) is 2. The number of H-pyrrole nitrogens is 2. The zero-order chi connectivity index (χ0) is 28.6. The van der Waals surface area contributed by atoms with E-state index in [-0.39, 0.29) is 6.04 Å². The van der Waals surface area contributed by atoms with E-state index in [4.69, 9.17) is 9.98 Å². The number of hydrogen-bond donors (Lipinski definition) is 2. The minimum Gasteiger partial charge on any atom is -0.358 e. The Labute approximate surface area is 240 Å². The maximum Gasteiger partial charge on any atom is 0.0777 e. The van der Waals surface area contributed by atoms with Crippen LogP contribution in [0.25, 0.3) is 12.2 Å². The third-order valence-corrected chi connectivity index (χ3v) is 9.34. The quantitative estimate of drug-likeness (QED) is 0.360. The molecule has 1 unspecified atom stereocenters. The molecule has 3 aliphatic rings. The van der Waals surface area contributed by atoms with Crippen LogP contribution in [0.4, 0.5) is 0 Å². The number of rotatable bonds is 8. The second-order valence-electron chi connectivity index (χ2n) is 11.2. The standard InChI is InChI=1S/C36H48N4/c1-9-21-22(10-2)30-18-32-25(13-5)26(14-6)34(39-32)20-36-28(16-8)27(15-7)35(40-36)19-33-24(12-4)23(11-3)31(38-33)17-29(21)37-30/h17-19,34,38,40H,9-16,20H2,1-8H3/b30-18-,31-17?,33-19-. The molecule has 0 amide bonds. The topological polar surface area (TPSA) is 56.3 Å². The average Bonchev–Trinajstić information content (AvgIpc) is 3.67. The number of aromatic nitrogens is 2. The summed E-state index contributed by atoms with van der Waals surface area (Å²) in [6.07, 6.45) is 16.0. The Morgan fingerprint density at radius 1 is 0.600 bits per heavy atom. The van der Waals surface area contributed by atoms with Gasteiger partial charge in [0.2, 0.25) is 0 Å². The lowest BCUT2D eigenvalue weighted by Gasteiger charge is -2.13. The average molecular weight is 537 g/mol. The second kappa shape index (κ2) is 11.8. The zero-order valence-electron chi connectivity index (χ0n) is 26.1. The highest BCUT2D eigenvalue weighted by molar-refractivity contribution is 6.24. The van der Waals surface area contributed by atoms with Gasteiger partial charge < -0.3 is 9.97 Å². The smallest absolute Gasteiger partial charge is 0.0777 e. The summed E-state index contributed by atoms with van der Waals surface area (Å²) in [5.74, 6) is 0. The van der Waals surface area contributed by atoms with Gasteiger partial charge in [0, 0.05) is 28.5 Å². The highest BCUT2D eigenvalue weighted by Gasteiger charge is 2.29. The Morgan fingerprint density at radius 2 is 1.23 bits per heavy atom. The van der Waals surface area contributed by atoms with Gasteiger partial charge in [-0.15, -0.1) is 0 Å². The molecule has 0 aliphatic carbocycles. The molecule has 2 aromatic heterocycles. The Morgan fingerprint density at radius 3 is 1.80 bits per heavy atom. The van der Waals surface area contributed by atoms with Gasteiger partial charge in [-0.05, 0) is 114 Å². The fraction of sp³-hybridized carbons (Fsp3) is 0.500. The van der Waals surface area contributed by atoms with Crippen molar-refractivity contribution in [3.8, 4) is 0 Å². The minimum atomic E-state index is 0.187. The normalized spacial score (nSPS) is 20.8. The van der Waals surface area contributed by atoms with E-state index in [9.17, 15) is 0 Å². The number of nitrogens with zero attached hydrogens (tertiary/aromatic N) is 2. The van der Waals surface area contributed by atoms with Gasteiger partial charge in [0.1, 0.15) is 0 Å². The largest absolute Gasteiger partial charge is 0.358 e. The summed E-state index contributed by atoms with van der Waals surface area (Å²) in [7, 11) is 0. The van der Waals surface area contributed by atoms with Crippen molar-refractivity contribution < 1.29 is 0 Å². The lowest BCUT2D eigenvalue weighted by atomic mass is 9.92. The molecule has 0 aromatic carbocycles. The lowest BCUT2D eigenvalue weighted by molar-refractivity contribution is 0.728. The molecule has 5 heterocycles. The summed E-state index contributed by atoms with van der Waals surface area (Å²) >= 11 is 0. The van der Waals surface area contributed by atoms with Crippen LogP contribution in [0, 0.1) is 0 Å². The second-order valence-corrected chi connectivity index (χ2v) is 11.2. The SMILES string of the molecule is CCC1=C(CC)/C2=C/C3=NC(Cc4[nH]c(c(CC)c4CC)/C=c4\[nH]c(c(CC)c4CC)=CC1=N2)C(CC)=C3CC. The van der Waals surface area contributed by atoms with E-state index in [2.05, 4.69) is 83.6 Å². The Balaban J connectivity index is 1.87. The van der Waals surface area contributed by atoms with Crippen molar-refractivity contribution in [2.45, 2.75) is 119 Å². The van der Waals surface area contributed by atoms with Gasteiger partial charge in [-0.3, -0.25) is 4.99 Å². The molecule has 40 heavy (non-hydrogen) atoms. The van der Waals surface area contributed by atoms with E-state index in [1.54, 1.807) is 0 Å². The first-order valence-corrected chi connectivity index (χ1v) is 15.9. The van der Waals surface area contributed by atoms with Crippen LogP contribution in [0.5, 0.6) is 0 Å². The molecular weight excluding hydrogens is 488 g/mol. The molecule has 3 aliphatic heterocycles. The van der Waals surface area contributed by atoms with Crippen molar-refractivity contribution in [1.82, 2.24) is 9.97 Å². The van der Waals surface area contributed by atoms with Crippen molar-refractivity contribution >= 4 is 23.6 Å². The molecule has 0 saturated heterocycles. The van der Waals surface area contributed by atoms with Crippen molar-refractivity contribution in [3.05, 3.63) is 78.4 Å². The van der Waals surface area contributed by atoms with Crippen molar-refractivity contribution in [2.24, 2.45) is 9.98 Å². The van der Waals surface area contributed by atoms with Crippen molar-refractivity contribution in [1.29, 1.82) is 0 Å². The fourth-order valence-corrected chi connectivity index (χ4v) is 7.51. The minimum absolute atomic E-state index is 0.187. The summed E-state index contributed by atoms with van der Waals surface area (Å²) in [6.45, 7) is 18.3. The van der Waals surface area contributed by atoms with E-state index in [0.717, 1.165) is 74.9 Å². The van der Waals surface area contributed by atoms with Crippen LogP contribution >= 0.6 is 0 Å². The monoisotopic (exact) mass is 536 g/mol. The van der Waals surface area contributed by atoms with E-state index in [0.29, 0.717) is 0 Å². The zero-order valence-corrected chi connectivity index (χ0v) is 26.1. The van der Waals surface area contributed by atoms with Crippen LogP contribution in [0.2, 0.25) is 0 Å². The van der Waals surface area contributed by atoms with E-state index >= 15 is 0 Å². The molecule has 4 nitrogen and oxygen atoms in total. The first kappa shape index (κ1) is 28.4. The van der Waals surface area contributed by atoms with Crippen LogP contribution in [-0.2, 0) is 32.1 Å². The maximum atomic E-state index is 5.42. The van der Waals surface area contributed by atoms with E-state index in [1.165, 1.54) is 66.6 Å². The van der Waals surface area contributed by atoms with Crippen molar-refractivity contribution in [2.75, 3.05) is 0 Å². The van der Waals surface area contributed by atoms with Gasteiger partial charge in [-0.25, -0.2) is 4.99 Å². The first-order chi connectivity index (χ1) is 19.5. The predicted molar refractivity (Wildman–Crippen MR) is 172 cm³/mol. The van der Waals surface area contributed by atoms with Gasteiger partial charge in [0.15, 0.2) is 0 Å². The molecule has 2 N–H and O–H groups in total. The summed E-state index contributed by atoms with van der Waals surface area (Å²) in [5.41, 5.74) is 17.4. The van der Waals surface area contributed by atoms with Gasteiger partial charge in [0.05, 0.1) is 23.2 Å². The van der Waals surface area contributed by atoms with Crippen LogP contribution in [0.1, 0.15) is 115 Å². The highest BCUT2D eigenvalue weighted by Crippen LogP contribution is 2.35. The molecule has 0 spiro atoms. The molecule has 2 aromatic rings. The lowest BCUT2D eigenvalue weighted by Crippen LogP contribution is -2.15. The van der Waals surface area contributed by atoms with E-state index < -0.39 is 0 Å². The molecular formula is C36H48N4. The number of aromatic amines is 2. The van der Waals surface area contributed by atoms with Gasteiger partial charge in [-0.2, -0.15) is 0 Å². The number of aliphatic imine (C=N–C) groups is 2. The van der Waals surface area contributed by atoms with Crippen LogP contribution in [0.15, 0.2) is 44.1 Å². The first-order valence-electron chi connectivity index (χ1n) is 15.9. The number of fused-ring (bicyclic) bond motifs is 6. The molecule has 0 radical (unpaired) electrons. The van der Waals surface area contributed by atoms with E-state index in [1.807, 2.05) is 0 Å². The molecule has 212 valence electrons. The highest BCUT2D eigenvalue weighted by atomic mass is 14.9. The van der Waals surface area contributed by atoms with Gasteiger partial charge in [-0.1, -0.05) is 55.4 Å². The molecule has 8 bridgehead atoms. The summed E-state index contributed by atoms with van der Waals surface area (Å²) in [6, 6.07) is 0.187. The van der Waals surface area contributed by atoms with Crippen LogP contribution < -0.4 is 10.7 Å². The third kappa shape index (κ3) is 4.63. The van der Waals surface area contributed by atoms with Gasteiger partial charge >= 0.3 is 0 Å². The molecule has 0 saturated carbocycles. The molecule has 1 atom stereocenters. The summed E-state index contributed by atoms with van der Waals surface area (Å²) in [5, 5.41) is 2.44. The predicted octanol–water partition coefficient (Wildman–Crippen LogP) is 7.15. The van der Waals surface area contributed by atoms with Gasteiger partial charge in [0.25, 0.3) is 0 Å². The number of nitrogens with one attached hydrogen (secondary N) is 2. The summed E-state index contributed by atoms with van der Waals surface area (Å²) < 4.78 is 0. The Bertz CT molecular complexity index is 1590. The van der Waals surface area contributed by atoms with Crippen LogP contribution in [-0.4, -0.2) is 27.4 Å². The maximum absolute atomic E-state index is 5.42. The Hall–Kier alpha value is -3.14. The molecule has 4 heteroatoms. The molecule has 5 rings (SSSR count). The fourth-order valence-electron chi connectivity index (χ4n) is 7.51.